The SMILES string of the molecule is CS(=N)(=O)Cc1cc2nc(c1)OCCCOc1cc(F)ccc1-c1cc(ncc1F)N2. The topological polar surface area (TPSA) is 97.2 Å². The van der Waals surface area contributed by atoms with E-state index in [4.69, 9.17) is 14.3 Å². The van der Waals surface area contributed by atoms with Gasteiger partial charge in [-0.3, -0.25) is 4.78 Å². The van der Waals surface area contributed by atoms with Gasteiger partial charge in [0.25, 0.3) is 0 Å². The summed E-state index contributed by atoms with van der Waals surface area (Å²) in [5.74, 6) is 0.119. The summed E-state index contributed by atoms with van der Waals surface area (Å²) in [6.07, 6.45) is 2.89. The molecule has 4 bridgehead atoms. The molecule has 2 aromatic heterocycles. The fourth-order valence-corrected chi connectivity index (χ4v) is 4.00. The number of aromatic nitrogens is 2. The second-order valence-corrected chi connectivity index (χ2v) is 9.51. The van der Waals surface area contributed by atoms with E-state index in [2.05, 4.69) is 15.3 Å². The molecule has 4 rings (SSSR count). The third-order valence-corrected chi connectivity index (χ3v) is 5.33. The molecule has 1 aromatic carbocycles. The first-order valence-electron chi connectivity index (χ1n) is 9.47. The number of fused-ring (bicyclic) bond motifs is 6. The van der Waals surface area contributed by atoms with E-state index in [0.29, 0.717) is 29.2 Å². The Labute approximate surface area is 178 Å². The van der Waals surface area contributed by atoms with Crippen LogP contribution in [-0.2, 0) is 15.5 Å². The van der Waals surface area contributed by atoms with Crippen molar-refractivity contribution in [3.05, 3.63) is 59.8 Å². The summed E-state index contributed by atoms with van der Waals surface area (Å²) >= 11 is 0. The van der Waals surface area contributed by atoms with E-state index >= 15 is 0 Å². The predicted octanol–water partition coefficient (Wildman–Crippen LogP) is 4.50. The van der Waals surface area contributed by atoms with Gasteiger partial charge in [0, 0.05) is 45.7 Å². The summed E-state index contributed by atoms with van der Waals surface area (Å²) in [4.78, 5) is 8.42. The van der Waals surface area contributed by atoms with Crippen LogP contribution in [0, 0.1) is 16.4 Å². The monoisotopic (exact) mass is 446 g/mol. The molecule has 1 aliphatic heterocycles. The summed E-state index contributed by atoms with van der Waals surface area (Å²) < 4.78 is 59.4. The van der Waals surface area contributed by atoms with Crippen molar-refractivity contribution in [2.24, 2.45) is 0 Å². The molecular weight excluding hydrogens is 426 g/mol. The molecule has 0 saturated carbocycles. The molecule has 1 unspecified atom stereocenters. The van der Waals surface area contributed by atoms with Gasteiger partial charge in [-0.1, -0.05) is 0 Å². The van der Waals surface area contributed by atoms with Crippen LogP contribution < -0.4 is 14.8 Å². The fraction of sp³-hybridized carbons (Fsp3) is 0.238. The highest BCUT2D eigenvalue weighted by molar-refractivity contribution is 7.90. The van der Waals surface area contributed by atoms with Crippen molar-refractivity contribution >= 4 is 21.4 Å². The first kappa shape index (κ1) is 21.0. The molecule has 0 saturated heterocycles. The van der Waals surface area contributed by atoms with E-state index < -0.39 is 21.4 Å². The summed E-state index contributed by atoms with van der Waals surface area (Å²) in [6, 6.07) is 8.66. The quantitative estimate of drug-likeness (QED) is 0.602. The maximum Gasteiger partial charge on any atom is 0.215 e. The Kier molecular flexibility index (Phi) is 5.73. The third-order valence-electron chi connectivity index (χ3n) is 4.45. The Bertz CT molecular complexity index is 1240. The van der Waals surface area contributed by atoms with Gasteiger partial charge in [0.05, 0.1) is 25.2 Å². The molecule has 2 N–H and O–H groups in total. The molecule has 0 aliphatic carbocycles. The fourth-order valence-electron chi connectivity index (χ4n) is 3.20. The average molecular weight is 446 g/mol. The zero-order valence-electron chi connectivity index (χ0n) is 16.7. The maximum atomic E-state index is 14.6. The van der Waals surface area contributed by atoms with Crippen LogP contribution in [0.5, 0.6) is 11.6 Å². The van der Waals surface area contributed by atoms with Crippen molar-refractivity contribution in [1.29, 1.82) is 4.78 Å². The van der Waals surface area contributed by atoms with Gasteiger partial charge in [0.1, 0.15) is 29.0 Å². The molecule has 3 heterocycles. The van der Waals surface area contributed by atoms with Gasteiger partial charge in [-0.25, -0.2) is 18.0 Å². The molecule has 0 radical (unpaired) electrons. The van der Waals surface area contributed by atoms with Crippen molar-refractivity contribution in [2.75, 3.05) is 24.8 Å². The predicted molar refractivity (Wildman–Crippen MR) is 113 cm³/mol. The van der Waals surface area contributed by atoms with Gasteiger partial charge < -0.3 is 14.8 Å². The van der Waals surface area contributed by atoms with Gasteiger partial charge >= 0.3 is 0 Å². The van der Waals surface area contributed by atoms with Gasteiger partial charge in [0.2, 0.25) is 5.88 Å². The molecule has 1 aliphatic rings. The Morgan fingerprint density at radius 3 is 2.71 bits per heavy atom. The van der Waals surface area contributed by atoms with Crippen LogP contribution in [0.1, 0.15) is 12.0 Å². The van der Waals surface area contributed by atoms with Gasteiger partial charge in [-0.15, -0.1) is 0 Å². The third kappa shape index (κ3) is 5.26. The zero-order chi connectivity index (χ0) is 22.0. The Balaban J connectivity index is 1.80. The van der Waals surface area contributed by atoms with E-state index in [0.717, 1.165) is 6.20 Å². The van der Waals surface area contributed by atoms with Gasteiger partial charge in [0.15, 0.2) is 0 Å². The summed E-state index contributed by atoms with van der Waals surface area (Å²) in [6.45, 7) is 0.483. The first-order valence-corrected chi connectivity index (χ1v) is 11.6. The van der Waals surface area contributed by atoms with Gasteiger partial charge in [-0.05, 0) is 29.8 Å². The minimum atomic E-state index is -2.78. The standard InChI is InChI=1S/C21H20F2N4O3S/c1-31(24,28)12-13-7-20-26-19-10-16(17(23)11-25-19)15-4-3-14(22)9-18(15)29-5-2-6-30-21(8-13)27-20/h3-4,7-11,24H,2,5-6,12H2,1H3,(H,25,26,27). The second-order valence-electron chi connectivity index (χ2n) is 7.21. The van der Waals surface area contributed by atoms with Crippen LogP contribution in [0.15, 0.2) is 42.6 Å². The van der Waals surface area contributed by atoms with Crippen LogP contribution in [0.3, 0.4) is 0 Å². The van der Waals surface area contributed by atoms with Crippen molar-refractivity contribution in [2.45, 2.75) is 12.2 Å². The lowest BCUT2D eigenvalue weighted by molar-refractivity contribution is 0.242. The molecule has 3 aromatic rings. The number of nitrogens with one attached hydrogen (secondary N) is 2. The summed E-state index contributed by atoms with van der Waals surface area (Å²) in [7, 11) is -2.78. The lowest BCUT2D eigenvalue weighted by Crippen LogP contribution is -2.09. The number of benzene rings is 1. The zero-order valence-corrected chi connectivity index (χ0v) is 17.5. The first-order chi connectivity index (χ1) is 14.8. The van der Waals surface area contributed by atoms with Gasteiger partial charge in [-0.2, -0.15) is 4.98 Å². The largest absolute Gasteiger partial charge is 0.493 e. The Morgan fingerprint density at radius 2 is 1.90 bits per heavy atom. The number of nitrogens with zero attached hydrogens (tertiary/aromatic N) is 2. The van der Waals surface area contributed by atoms with E-state index in [-0.39, 0.29) is 36.2 Å². The lowest BCUT2D eigenvalue weighted by atomic mass is 10.0. The van der Waals surface area contributed by atoms with Crippen LogP contribution in [0.4, 0.5) is 20.4 Å². The molecule has 31 heavy (non-hydrogen) atoms. The highest BCUT2D eigenvalue weighted by Crippen LogP contribution is 2.34. The minimum absolute atomic E-state index is 0.0324. The highest BCUT2D eigenvalue weighted by atomic mass is 32.2. The molecule has 10 heteroatoms. The van der Waals surface area contributed by atoms with Crippen molar-refractivity contribution < 1.29 is 22.5 Å². The number of halogens is 2. The lowest BCUT2D eigenvalue weighted by Gasteiger charge is -2.16. The van der Waals surface area contributed by atoms with E-state index in [1.807, 2.05) is 0 Å². The number of ether oxygens (including phenoxy) is 2. The Morgan fingerprint density at radius 1 is 1.10 bits per heavy atom. The normalized spacial score (nSPS) is 15.3. The van der Waals surface area contributed by atoms with Crippen LogP contribution in [0.25, 0.3) is 11.1 Å². The molecule has 0 amide bonds. The number of anilines is 2. The van der Waals surface area contributed by atoms with Crippen LogP contribution >= 0.6 is 0 Å². The summed E-state index contributed by atoms with van der Waals surface area (Å²) in [5.41, 5.74) is 1.20. The second kappa shape index (κ2) is 8.46. The Hall–Kier alpha value is -3.27. The highest BCUT2D eigenvalue weighted by Gasteiger charge is 2.16. The number of rotatable bonds is 2. The molecule has 162 valence electrons. The summed E-state index contributed by atoms with van der Waals surface area (Å²) in [5, 5.41) is 3.00. The van der Waals surface area contributed by atoms with Crippen molar-refractivity contribution in [3.8, 4) is 22.8 Å². The average Bonchev–Trinajstić information content (AvgIpc) is 2.67. The molecule has 1 atom stereocenters. The van der Waals surface area contributed by atoms with Crippen LogP contribution in [-0.4, -0.2) is 33.6 Å². The molecule has 7 nitrogen and oxygen atoms in total. The minimum Gasteiger partial charge on any atom is -0.493 e. The number of hydrogen-bond donors (Lipinski definition) is 2. The maximum absolute atomic E-state index is 14.6. The van der Waals surface area contributed by atoms with Crippen molar-refractivity contribution in [3.63, 3.8) is 0 Å². The molecule has 0 fully saturated rings. The van der Waals surface area contributed by atoms with E-state index in [1.165, 1.54) is 30.5 Å². The van der Waals surface area contributed by atoms with E-state index in [1.54, 1.807) is 12.1 Å². The molecular formula is C21H20F2N4O3S. The van der Waals surface area contributed by atoms with Crippen molar-refractivity contribution in [1.82, 2.24) is 9.97 Å². The smallest absolute Gasteiger partial charge is 0.215 e. The molecule has 0 spiro atoms. The van der Waals surface area contributed by atoms with Crippen LogP contribution in [0.2, 0.25) is 0 Å². The number of pyridine rings is 2. The number of hydrogen-bond acceptors (Lipinski definition) is 7. The van der Waals surface area contributed by atoms with E-state index in [9.17, 15) is 13.0 Å².